The summed E-state index contributed by atoms with van der Waals surface area (Å²) in [5.41, 5.74) is 1.62. The van der Waals surface area contributed by atoms with Crippen LogP contribution in [0.15, 0.2) is 18.2 Å². The topological polar surface area (TPSA) is 24.1 Å². The van der Waals surface area contributed by atoms with Crippen LogP contribution in [-0.2, 0) is 0 Å². The largest absolute Gasteiger partial charge is 0.381 e. The summed E-state index contributed by atoms with van der Waals surface area (Å²) in [7, 11) is 0. The molecule has 1 aliphatic rings. The van der Waals surface area contributed by atoms with Gasteiger partial charge < -0.3 is 10.6 Å². The Bertz CT molecular complexity index is 326. The summed E-state index contributed by atoms with van der Waals surface area (Å²) in [6, 6.07) is 5.66. The number of anilines is 1. The van der Waals surface area contributed by atoms with E-state index in [9.17, 15) is 4.39 Å². The van der Waals surface area contributed by atoms with Crippen molar-refractivity contribution in [2.75, 3.05) is 18.4 Å². The van der Waals surface area contributed by atoms with Gasteiger partial charge in [-0.3, -0.25) is 0 Å². The number of hydrogen-bond acceptors (Lipinski definition) is 2. The molecular formula is C13H19FN2. The zero-order valence-electron chi connectivity index (χ0n) is 9.72. The van der Waals surface area contributed by atoms with Gasteiger partial charge in [-0.1, -0.05) is 18.6 Å². The lowest BCUT2D eigenvalue weighted by molar-refractivity contribution is 0.413. The van der Waals surface area contributed by atoms with Crippen LogP contribution in [0.1, 0.15) is 24.8 Å². The van der Waals surface area contributed by atoms with E-state index in [4.69, 9.17) is 0 Å². The van der Waals surface area contributed by atoms with E-state index >= 15 is 0 Å². The third-order valence-corrected chi connectivity index (χ3v) is 3.16. The van der Waals surface area contributed by atoms with Gasteiger partial charge in [0.15, 0.2) is 0 Å². The van der Waals surface area contributed by atoms with E-state index in [0.29, 0.717) is 11.7 Å². The molecule has 0 bridgehead atoms. The van der Waals surface area contributed by atoms with Crippen LogP contribution < -0.4 is 10.6 Å². The van der Waals surface area contributed by atoms with E-state index in [0.717, 1.165) is 18.7 Å². The molecule has 1 atom stereocenters. The SMILES string of the molecule is Cc1cccc(F)c1NCC1CCCCN1. The lowest BCUT2D eigenvalue weighted by Gasteiger charge is -2.24. The average Bonchev–Trinajstić information content (AvgIpc) is 2.30. The van der Waals surface area contributed by atoms with Gasteiger partial charge in [-0.2, -0.15) is 0 Å². The van der Waals surface area contributed by atoms with Crippen molar-refractivity contribution in [3.8, 4) is 0 Å². The van der Waals surface area contributed by atoms with Crippen LogP contribution in [0.3, 0.4) is 0 Å². The Hall–Kier alpha value is -1.09. The standard InChI is InChI=1S/C13H19FN2/c1-10-5-4-7-12(14)13(10)16-9-11-6-2-3-8-15-11/h4-5,7,11,15-16H,2-3,6,8-9H2,1H3. The van der Waals surface area contributed by atoms with Crippen molar-refractivity contribution in [3.05, 3.63) is 29.6 Å². The average molecular weight is 222 g/mol. The zero-order chi connectivity index (χ0) is 11.4. The number of halogens is 1. The second-order valence-electron chi connectivity index (χ2n) is 4.46. The van der Waals surface area contributed by atoms with Gasteiger partial charge in [0, 0.05) is 12.6 Å². The number of rotatable bonds is 3. The van der Waals surface area contributed by atoms with Gasteiger partial charge in [0.1, 0.15) is 5.82 Å². The molecule has 1 fully saturated rings. The molecule has 2 nitrogen and oxygen atoms in total. The van der Waals surface area contributed by atoms with Gasteiger partial charge in [-0.25, -0.2) is 4.39 Å². The number of para-hydroxylation sites is 1. The normalized spacial score (nSPS) is 20.8. The van der Waals surface area contributed by atoms with Crippen molar-refractivity contribution >= 4 is 5.69 Å². The second-order valence-corrected chi connectivity index (χ2v) is 4.46. The van der Waals surface area contributed by atoms with Crippen molar-refractivity contribution in [2.24, 2.45) is 0 Å². The monoisotopic (exact) mass is 222 g/mol. The summed E-state index contributed by atoms with van der Waals surface area (Å²) in [5.74, 6) is -0.157. The molecule has 1 aromatic carbocycles. The minimum Gasteiger partial charge on any atom is -0.381 e. The molecule has 0 radical (unpaired) electrons. The molecule has 88 valence electrons. The molecule has 0 amide bonds. The first-order valence-electron chi connectivity index (χ1n) is 6.00. The fourth-order valence-corrected chi connectivity index (χ4v) is 2.18. The first kappa shape index (κ1) is 11.4. The van der Waals surface area contributed by atoms with Gasteiger partial charge in [0.2, 0.25) is 0 Å². The first-order chi connectivity index (χ1) is 7.77. The molecule has 1 aliphatic heterocycles. The number of hydrogen-bond donors (Lipinski definition) is 2. The van der Waals surface area contributed by atoms with E-state index in [-0.39, 0.29) is 5.82 Å². The lowest BCUT2D eigenvalue weighted by atomic mass is 10.0. The first-order valence-corrected chi connectivity index (χ1v) is 6.00. The molecular weight excluding hydrogens is 203 g/mol. The predicted molar refractivity (Wildman–Crippen MR) is 65.3 cm³/mol. The summed E-state index contributed by atoms with van der Waals surface area (Å²) in [6.45, 7) is 3.82. The number of benzene rings is 1. The molecule has 0 spiro atoms. The number of aryl methyl sites for hydroxylation is 1. The van der Waals surface area contributed by atoms with Gasteiger partial charge in [0.25, 0.3) is 0 Å². The van der Waals surface area contributed by atoms with E-state index in [2.05, 4.69) is 10.6 Å². The smallest absolute Gasteiger partial charge is 0.146 e. The van der Waals surface area contributed by atoms with Crippen LogP contribution in [-0.4, -0.2) is 19.1 Å². The molecule has 3 heteroatoms. The van der Waals surface area contributed by atoms with E-state index in [1.165, 1.54) is 25.3 Å². The Labute approximate surface area is 96.2 Å². The Balaban J connectivity index is 1.93. The molecule has 1 aromatic rings. The Morgan fingerprint density at radius 3 is 3.00 bits per heavy atom. The third kappa shape index (κ3) is 2.73. The fraction of sp³-hybridized carbons (Fsp3) is 0.538. The van der Waals surface area contributed by atoms with Crippen molar-refractivity contribution in [1.29, 1.82) is 0 Å². The van der Waals surface area contributed by atoms with Gasteiger partial charge in [-0.15, -0.1) is 0 Å². The van der Waals surface area contributed by atoms with Gasteiger partial charge in [-0.05, 0) is 37.9 Å². The predicted octanol–water partition coefficient (Wildman–Crippen LogP) is 2.69. The lowest BCUT2D eigenvalue weighted by Crippen LogP contribution is -2.39. The molecule has 16 heavy (non-hydrogen) atoms. The minimum atomic E-state index is -0.157. The maximum Gasteiger partial charge on any atom is 0.146 e. The number of nitrogens with one attached hydrogen (secondary N) is 2. The van der Waals surface area contributed by atoms with E-state index < -0.39 is 0 Å². The highest BCUT2D eigenvalue weighted by Gasteiger charge is 2.13. The summed E-state index contributed by atoms with van der Waals surface area (Å²) >= 11 is 0. The third-order valence-electron chi connectivity index (χ3n) is 3.16. The maximum absolute atomic E-state index is 13.5. The molecule has 0 aromatic heterocycles. The van der Waals surface area contributed by atoms with Crippen LogP contribution >= 0.6 is 0 Å². The number of piperidine rings is 1. The fourth-order valence-electron chi connectivity index (χ4n) is 2.18. The van der Waals surface area contributed by atoms with E-state index in [1.807, 2.05) is 13.0 Å². The van der Waals surface area contributed by atoms with Crippen molar-refractivity contribution in [2.45, 2.75) is 32.2 Å². The van der Waals surface area contributed by atoms with Crippen LogP contribution in [0, 0.1) is 12.7 Å². The summed E-state index contributed by atoms with van der Waals surface area (Å²) < 4.78 is 13.5. The van der Waals surface area contributed by atoms with Crippen LogP contribution in [0.25, 0.3) is 0 Å². The van der Waals surface area contributed by atoms with Crippen LogP contribution in [0.2, 0.25) is 0 Å². The Morgan fingerprint density at radius 1 is 1.44 bits per heavy atom. The molecule has 0 aliphatic carbocycles. The van der Waals surface area contributed by atoms with E-state index in [1.54, 1.807) is 6.07 Å². The zero-order valence-corrected chi connectivity index (χ0v) is 9.72. The summed E-state index contributed by atoms with van der Waals surface area (Å²) in [6.07, 6.45) is 3.71. The van der Waals surface area contributed by atoms with Crippen LogP contribution in [0.4, 0.5) is 10.1 Å². The molecule has 1 heterocycles. The molecule has 2 rings (SSSR count). The van der Waals surface area contributed by atoms with Gasteiger partial charge in [0.05, 0.1) is 5.69 Å². The Morgan fingerprint density at radius 2 is 2.31 bits per heavy atom. The maximum atomic E-state index is 13.5. The molecule has 0 saturated carbocycles. The second kappa shape index (κ2) is 5.30. The van der Waals surface area contributed by atoms with Crippen molar-refractivity contribution in [1.82, 2.24) is 5.32 Å². The highest BCUT2D eigenvalue weighted by molar-refractivity contribution is 5.51. The van der Waals surface area contributed by atoms with Gasteiger partial charge >= 0.3 is 0 Å². The highest BCUT2D eigenvalue weighted by Crippen LogP contribution is 2.19. The molecule has 2 N–H and O–H groups in total. The molecule has 1 saturated heterocycles. The summed E-state index contributed by atoms with van der Waals surface area (Å²) in [4.78, 5) is 0. The Kier molecular flexibility index (Phi) is 3.78. The highest BCUT2D eigenvalue weighted by atomic mass is 19.1. The van der Waals surface area contributed by atoms with Crippen LogP contribution in [0.5, 0.6) is 0 Å². The quantitative estimate of drug-likeness (QED) is 0.821. The van der Waals surface area contributed by atoms with Crippen molar-refractivity contribution < 1.29 is 4.39 Å². The summed E-state index contributed by atoms with van der Waals surface area (Å²) in [5, 5.41) is 6.66. The van der Waals surface area contributed by atoms with Crippen molar-refractivity contribution in [3.63, 3.8) is 0 Å². The minimum absolute atomic E-state index is 0.157. The molecule has 1 unspecified atom stereocenters.